The molecule has 0 aliphatic carbocycles. The molecule has 1 aromatic rings. The molecule has 1 aliphatic rings. The van der Waals surface area contributed by atoms with Crippen LogP contribution in [-0.4, -0.2) is 66.7 Å². The van der Waals surface area contributed by atoms with Crippen molar-refractivity contribution in [1.82, 2.24) is 15.1 Å². The highest BCUT2D eigenvalue weighted by atomic mass is 19.1. The van der Waals surface area contributed by atoms with E-state index in [1.165, 1.54) is 12.1 Å². The Morgan fingerprint density at radius 3 is 2.40 bits per heavy atom. The van der Waals surface area contributed by atoms with Gasteiger partial charge in [-0.1, -0.05) is 32.9 Å². The van der Waals surface area contributed by atoms with Gasteiger partial charge in [0.1, 0.15) is 5.82 Å². The number of hydrogen-bond acceptors (Lipinski definition) is 4. The fourth-order valence-corrected chi connectivity index (χ4v) is 4.28. The number of amides is 1. The lowest BCUT2D eigenvalue weighted by molar-refractivity contribution is -0.123. The third-order valence-electron chi connectivity index (χ3n) is 5.64. The monoisotopic (exact) mass is 421 g/mol. The van der Waals surface area contributed by atoms with Gasteiger partial charge in [0, 0.05) is 13.1 Å². The summed E-state index contributed by atoms with van der Waals surface area (Å²) in [6, 6.07) is 6.30. The summed E-state index contributed by atoms with van der Waals surface area (Å²) in [6.07, 6.45) is 2.70. The molecule has 2 atom stereocenters. The van der Waals surface area contributed by atoms with Crippen molar-refractivity contribution in [3.63, 3.8) is 0 Å². The van der Waals surface area contributed by atoms with Crippen molar-refractivity contribution in [2.75, 3.05) is 39.8 Å². The smallest absolute Gasteiger partial charge is 0.234 e. The molecule has 2 rings (SSSR count). The molecule has 30 heavy (non-hydrogen) atoms. The molecule has 170 valence electrons. The maximum atomic E-state index is 13.3. The number of hydrogen-bond donors (Lipinski definition) is 2. The minimum atomic E-state index is -0.282. The van der Waals surface area contributed by atoms with E-state index in [1.54, 1.807) is 12.1 Å². The highest BCUT2D eigenvalue weighted by Crippen LogP contribution is 2.29. The van der Waals surface area contributed by atoms with Crippen LogP contribution in [0.2, 0.25) is 0 Å². The summed E-state index contributed by atoms with van der Waals surface area (Å²) in [7, 11) is 2.00. The Bertz CT molecular complexity index is 649. The van der Waals surface area contributed by atoms with Gasteiger partial charge in [-0.15, -0.1) is 0 Å². The number of carbonyl (C=O) groups excluding carboxylic acids is 1. The van der Waals surface area contributed by atoms with Crippen molar-refractivity contribution < 1.29 is 14.3 Å². The molecule has 0 aromatic heterocycles. The van der Waals surface area contributed by atoms with Gasteiger partial charge >= 0.3 is 0 Å². The number of β-amino-alcohol motifs (C(OH)–C–C–N with tert-alkyl or cyclic N) is 1. The van der Waals surface area contributed by atoms with Crippen molar-refractivity contribution in [1.29, 1.82) is 0 Å². The molecule has 0 radical (unpaired) electrons. The van der Waals surface area contributed by atoms with E-state index in [2.05, 4.69) is 35.9 Å². The zero-order valence-corrected chi connectivity index (χ0v) is 19.3. The average molecular weight is 422 g/mol. The van der Waals surface area contributed by atoms with Crippen LogP contribution >= 0.6 is 0 Å². The van der Waals surface area contributed by atoms with Crippen LogP contribution in [0, 0.1) is 17.2 Å². The third-order valence-corrected chi connectivity index (χ3v) is 5.64. The molecule has 1 fully saturated rings. The first kappa shape index (κ1) is 24.8. The summed E-state index contributed by atoms with van der Waals surface area (Å²) in [5, 5.41) is 12.7. The van der Waals surface area contributed by atoms with Crippen LogP contribution < -0.4 is 5.32 Å². The Labute approximate surface area is 181 Å². The van der Waals surface area contributed by atoms with Crippen LogP contribution in [0.3, 0.4) is 0 Å². The van der Waals surface area contributed by atoms with Gasteiger partial charge < -0.3 is 15.3 Å². The molecule has 6 heteroatoms. The Kier molecular flexibility index (Phi) is 9.26. The standard InChI is InChI=1S/C24H40FN3O2/c1-18(29)15-28-12-10-19(11-13-28)16-27(5)17-23(30)26-22(14-24(2,3)4)20-6-8-21(25)9-7-20/h6-9,18-19,22,29H,10-17H2,1-5H3,(H,26,30). The first-order valence-electron chi connectivity index (χ1n) is 11.2. The molecule has 5 nitrogen and oxygen atoms in total. The maximum absolute atomic E-state index is 13.3. The van der Waals surface area contributed by atoms with Gasteiger partial charge in [0.25, 0.3) is 0 Å². The lowest BCUT2D eigenvalue weighted by atomic mass is 9.85. The molecule has 1 aromatic carbocycles. The van der Waals surface area contributed by atoms with Gasteiger partial charge in [-0.3, -0.25) is 9.69 Å². The summed E-state index contributed by atoms with van der Waals surface area (Å²) in [5.41, 5.74) is 0.978. The number of carbonyl (C=O) groups is 1. The van der Waals surface area contributed by atoms with Gasteiger partial charge in [0.15, 0.2) is 0 Å². The number of piperidine rings is 1. The van der Waals surface area contributed by atoms with Crippen molar-refractivity contribution in [3.8, 4) is 0 Å². The molecule has 2 N–H and O–H groups in total. The van der Waals surface area contributed by atoms with Crippen molar-refractivity contribution >= 4 is 5.91 Å². The minimum Gasteiger partial charge on any atom is -0.392 e. The number of nitrogens with zero attached hydrogens (tertiary/aromatic N) is 2. The number of aliphatic hydroxyl groups is 1. The van der Waals surface area contributed by atoms with Crippen LogP contribution in [0.25, 0.3) is 0 Å². The van der Waals surface area contributed by atoms with Gasteiger partial charge in [0.05, 0.1) is 18.7 Å². The van der Waals surface area contributed by atoms with E-state index < -0.39 is 0 Å². The molecule has 1 amide bonds. The zero-order chi connectivity index (χ0) is 22.3. The second-order valence-corrected chi connectivity index (χ2v) is 10.2. The molecule has 2 unspecified atom stereocenters. The largest absolute Gasteiger partial charge is 0.392 e. The number of aliphatic hydroxyl groups excluding tert-OH is 1. The summed E-state index contributed by atoms with van der Waals surface area (Å²) >= 11 is 0. The van der Waals surface area contributed by atoms with Gasteiger partial charge in [-0.25, -0.2) is 4.39 Å². The number of likely N-dealkylation sites (N-methyl/N-ethyl adjacent to an activating group) is 1. The summed E-state index contributed by atoms with van der Waals surface area (Å²) in [5.74, 6) is 0.317. The number of nitrogens with one attached hydrogen (secondary N) is 1. The van der Waals surface area contributed by atoms with Crippen LogP contribution in [0.15, 0.2) is 24.3 Å². The molecule has 1 aliphatic heterocycles. The number of benzene rings is 1. The Balaban J connectivity index is 1.85. The van der Waals surface area contributed by atoms with Crippen LogP contribution in [0.1, 0.15) is 58.6 Å². The van der Waals surface area contributed by atoms with E-state index in [0.29, 0.717) is 12.5 Å². The molecular weight excluding hydrogens is 381 g/mol. The highest BCUT2D eigenvalue weighted by molar-refractivity contribution is 5.78. The second kappa shape index (κ2) is 11.2. The zero-order valence-electron chi connectivity index (χ0n) is 19.3. The lowest BCUT2D eigenvalue weighted by Crippen LogP contribution is -2.43. The highest BCUT2D eigenvalue weighted by Gasteiger charge is 2.24. The molecular formula is C24H40FN3O2. The predicted octanol–water partition coefficient (Wildman–Crippen LogP) is 3.44. The van der Waals surface area contributed by atoms with Crippen LogP contribution in [0.5, 0.6) is 0 Å². The van der Waals surface area contributed by atoms with E-state index in [4.69, 9.17) is 0 Å². The predicted molar refractivity (Wildman–Crippen MR) is 120 cm³/mol. The first-order chi connectivity index (χ1) is 14.0. The van der Waals surface area contributed by atoms with E-state index in [1.807, 2.05) is 14.0 Å². The lowest BCUT2D eigenvalue weighted by Gasteiger charge is -2.34. The van der Waals surface area contributed by atoms with Crippen molar-refractivity contribution in [2.45, 2.75) is 59.1 Å². The van der Waals surface area contributed by atoms with E-state index >= 15 is 0 Å². The number of halogens is 1. The molecule has 0 saturated carbocycles. The van der Waals surface area contributed by atoms with Gasteiger partial charge in [-0.05, 0) is 75.4 Å². The first-order valence-corrected chi connectivity index (χ1v) is 11.2. The molecule has 1 heterocycles. The second-order valence-electron chi connectivity index (χ2n) is 10.2. The fourth-order valence-electron chi connectivity index (χ4n) is 4.28. The summed E-state index contributed by atoms with van der Waals surface area (Å²) in [6.45, 7) is 12.3. The third kappa shape index (κ3) is 9.11. The topological polar surface area (TPSA) is 55.8 Å². The summed E-state index contributed by atoms with van der Waals surface area (Å²) < 4.78 is 13.3. The average Bonchev–Trinajstić information content (AvgIpc) is 2.61. The summed E-state index contributed by atoms with van der Waals surface area (Å²) in [4.78, 5) is 17.2. The van der Waals surface area contributed by atoms with Crippen molar-refractivity contribution in [2.24, 2.45) is 11.3 Å². The van der Waals surface area contributed by atoms with Crippen LogP contribution in [0.4, 0.5) is 4.39 Å². The van der Waals surface area contributed by atoms with Gasteiger partial charge in [-0.2, -0.15) is 0 Å². The number of rotatable bonds is 9. The van der Waals surface area contributed by atoms with Gasteiger partial charge in [0.2, 0.25) is 5.91 Å². The quantitative estimate of drug-likeness (QED) is 0.641. The van der Waals surface area contributed by atoms with E-state index in [-0.39, 0.29) is 29.3 Å². The van der Waals surface area contributed by atoms with E-state index in [9.17, 15) is 14.3 Å². The normalized spacial score (nSPS) is 18.4. The Morgan fingerprint density at radius 1 is 1.27 bits per heavy atom. The van der Waals surface area contributed by atoms with Crippen molar-refractivity contribution in [3.05, 3.63) is 35.6 Å². The maximum Gasteiger partial charge on any atom is 0.234 e. The Hall–Kier alpha value is -1.50. The molecule has 1 saturated heterocycles. The Morgan fingerprint density at radius 2 is 1.87 bits per heavy atom. The number of likely N-dealkylation sites (tertiary alicyclic amines) is 1. The molecule has 0 spiro atoms. The minimum absolute atomic E-state index is 0.00242. The van der Waals surface area contributed by atoms with Crippen LogP contribution in [-0.2, 0) is 4.79 Å². The fraction of sp³-hybridized carbons (Fsp3) is 0.708. The molecule has 0 bridgehead atoms. The SMILES string of the molecule is CC(O)CN1CCC(CN(C)CC(=O)NC(CC(C)(C)C)c2ccc(F)cc2)CC1. The van der Waals surface area contributed by atoms with E-state index in [0.717, 1.165) is 51.0 Å².